The van der Waals surface area contributed by atoms with Gasteiger partial charge < -0.3 is 4.74 Å². The zero-order valence-corrected chi connectivity index (χ0v) is 8.60. The summed E-state index contributed by atoms with van der Waals surface area (Å²) in [5.41, 5.74) is -1.07. The second kappa shape index (κ2) is 4.70. The van der Waals surface area contributed by atoms with Crippen LogP contribution >= 0.6 is 34.8 Å². The molecule has 0 bridgehead atoms. The highest BCUT2D eigenvalue weighted by Crippen LogP contribution is 2.33. The van der Waals surface area contributed by atoms with Crippen LogP contribution in [0.15, 0.2) is 18.2 Å². The van der Waals surface area contributed by atoms with Crippen molar-refractivity contribution in [1.82, 2.24) is 0 Å². The third-order valence-corrected chi connectivity index (χ3v) is 2.04. The predicted octanol–water partition coefficient (Wildman–Crippen LogP) is 3.14. The Balaban J connectivity index is 2.93. The molecule has 13 heavy (non-hydrogen) atoms. The van der Waals surface area contributed by atoms with Gasteiger partial charge in [-0.05, 0) is 12.1 Å². The fraction of sp³-hybridized carbons (Fsp3) is 0.125. The van der Waals surface area contributed by atoms with E-state index in [0.29, 0.717) is 16.3 Å². The van der Waals surface area contributed by atoms with Gasteiger partial charge >= 0.3 is 0 Å². The third-order valence-electron chi connectivity index (χ3n) is 1.26. The highest BCUT2D eigenvalue weighted by atomic mass is 35.5. The Labute approximate surface area is 90.3 Å². The van der Waals surface area contributed by atoms with Crippen LogP contribution in [-0.4, -0.2) is 11.8 Å². The summed E-state index contributed by atoms with van der Waals surface area (Å²) in [6.07, 6.45) is 0.446. The van der Waals surface area contributed by atoms with Crippen LogP contribution in [0.1, 0.15) is 0 Å². The predicted molar refractivity (Wildman–Crippen MR) is 52.8 cm³/mol. The Morgan fingerprint density at radius 3 is 2.31 bits per heavy atom. The van der Waals surface area contributed by atoms with E-state index in [0.717, 1.165) is 0 Å². The molecule has 5 heteroatoms. The molecular formula is C8H5Cl3O2. The van der Waals surface area contributed by atoms with Gasteiger partial charge in [0.25, 0.3) is 0 Å². The highest BCUT2D eigenvalue weighted by Gasteiger charge is 2.10. The molecule has 0 amide bonds. The number of benzene rings is 1. The molecule has 1 aromatic rings. The van der Waals surface area contributed by atoms with Crippen molar-refractivity contribution in [2.45, 2.75) is 5.56 Å². The first-order valence-electron chi connectivity index (χ1n) is 3.35. The minimum Gasteiger partial charge on any atom is -0.464 e. The molecule has 0 aliphatic heterocycles. The van der Waals surface area contributed by atoms with Gasteiger partial charge in [-0.1, -0.05) is 40.9 Å². The summed E-state index contributed by atoms with van der Waals surface area (Å²) in [6.45, 7) is 0. The molecule has 0 fully saturated rings. The highest BCUT2D eigenvalue weighted by molar-refractivity contribution is 6.37. The van der Waals surface area contributed by atoms with E-state index >= 15 is 0 Å². The molecule has 0 radical (unpaired) electrons. The van der Waals surface area contributed by atoms with E-state index < -0.39 is 5.56 Å². The van der Waals surface area contributed by atoms with E-state index in [9.17, 15) is 4.79 Å². The largest absolute Gasteiger partial charge is 0.464 e. The second-order valence-corrected chi connectivity index (χ2v) is 3.40. The molecule has 0 N–H and O–H groups in total. The molecule has 0 saturated carbocycles. The molecule has 0 saturated heterocycles. The normalized spacial score (nSPS) is 12.2. The van der Waals surface area contributed by atoms with Crippen molar-refractivity contribution in [3.63, 3.8) is 0 Å². The average molecular weight is 239 g/mol. The van der Waals surface area contributed by atoms with E-state index in [-0.39, 0.29) is 5.75 Å². The first-order chi connectivity index (χ1) is 6.15. The lowest BCUT2D eigenvalue weighted by molar-refractivity contribution is -0.110. The standard InChI is InChI=1S/C8H5Cl3O2/c9-5-2-1-3-6(10)8(5)13-7(11)4-12/h1-4,7H. The third kappa shape index (κ3) is 2.76. The van der Waals surface area contributed by atoms with Crippen molar-refractivity contribution >= 4 is 41.1 Å². The average Bonchev–Trinajstić information content (AvgIpc) is 2.11. The summed E-state index contributed by atoms with van der Waals surface area (Å²) < 4.78 is 4.96. The SMILES string of the molecule is O=CC(Cl)Oc1c(Cl)cccc1Cl. The van der Waals surface area contributed by atoms with Gasteiger partial charge in [0.2, 0.25) is 5.56 Å². The first-order valence-corrected chi connectivity index (χ1v) is 4.54. The zero-order chi connectivity index (χ0) is 9.84. The van der Waals surface area contributed by atoms with Gasteiger partial charge in [0, 0.05) is 0 Å². The smallest absolute Gasteiger partial charge is 0.227 e. The molecule has 0 heterocycles. The van der Waals surface area contributed by atoms with Crippen molar-refractivity contribution in [2.75, 3.05) is 0 Å². The van der Waals surface area contributed by atoms with Crippen molar-refractivity contribution in [3.8, 4) is 5.75 Å². The van der Waals surface area contributed by atoms with E-state index in [2.05, 4.69) is 0 Å². The van der Waals surface area contributed by atoms with Crippen LogP contribution in [-0.2, 0) is 4.79 Å². The van der Waals surface area contributed by atoms with Crippen molar-refractivity contribution < 1.29 is 9.53 Å². The Morgan fingerprint density at radius 2 is 1.85 bits per heavy atom. The van der Waals surface area contributed by atoms with Crippen LogP contribution in [0, 0.1) is 0 Å². The molecule has 70 valence electrons. The number of carbonyl (C=O) groups excluding carboxylic acids is 1. The molecule has 0 aliphatic rings. The molecule has 1 atom stereocenters. The van der Waals surface area contributed by atoms with Crippen molar-refractivity contribution in [3.05, 3.63) is 28.2 Å². The van der Waals surface area contributed by atoms with Gasteiger partial charge in [-0.25, -0.2) is 0 Å². The lowest BCUT2D eigenvalue weighted by Gasteiger charge is -2.09. The van der Waals surface area contributed by atoms with Gasteiger partial charge in [0.05, 0.1) is 10.0 Å². The summed E-state index contributed by atoms with van der Waals surface area (Å²) in [6, 6.07) is 4.86. The lowest BCUT2D eigenvalue weighted by Crippen LogP contribution is -2.10. The van der Waals surface area contributed by atoms with Crippen molar-refractivity contribution in [2.24, 2.45) is 0 Å². The van der Waals surface area contributed by atoms with Crippen LogP contribution < -0.4 is 4.74 Å². The molecule has 0 spiro atoms. The monoisotopic (exact) mass is 238 g/mol. The fourth-order valence-corrected chi connectivity index (χ4v) is 1.31. The molecule has 1 unspecified atom stereocenters. The number of rotatable bonds is 3. The van der Waals surface area contributed by atoms with E-state index in [4.69, 9.17) is 39.5 Å². The van der Waals surface area contributed by atoms with Crippen LogP contribution in [0.5, 0.6) is 5.75 Å². The van der Waals surface area contributed by atoms with Gasteiger partial charge in [0.15, 0.2) is 12.0 Å². The van der Waals surface area contributed by atoms with Gasteiger partial charge in [0.1, 0.15) is 0 Å². The minimum atomic E-state index is -1.07. The summed E-state index contributed by atoms with van der Waals surface area (Å²) >= 11 is 16.9. The molecule has 0 aliphatic carbocycles. The first kappa shape index (κ1) is 10.6. The maximum atomic E-state index is 10.2. The topological polar surface area (TPSA) is 26.3 Å². The Morgan fingerprint density at radius 1 is 1.31 bits per heavy atom. The molecule has 1 aromatic carbocycles. The van der Waals surface area contributed by atoms with Crippen molar-refractivity contribution in [1.29, 1.82) is 0 Å². The number of carbonyl (C=O) groups is 1. The number of aldehydes is 1. The van der Waals surface area contributed by atoms with Crippen LogP contribution in [0.3, 0.4) is 0 Å². The van der Waals surface area contributed by atoms with Crippen LogP contribution in [0.4, 0.5) is 0 Å². The molecular weight excluding hydrogens is 234 g/mol. The maximum Gasteiger partial charge on any atom is 0.227 e. The fourth-order valence-electron chi connectivity index (χ4n) is 0.735. The minimum absolute atomic E-state index is 0.220. The summed E-state index contributed by atoms with van der Waals surface area (Å²) in [4.78, 5) is 10.2. The van der Waals surface area contributed by atoms with Crippen LogP contribution in [0.2, 0.25) is 10.0 Å². The van der Waals surface area contributed by atoms with Gasteiger partial charge in [-0.3, -0.25) is 4.79 Å². The van der Waals surface area contributed by atoms with Gasteiger partial charge in [-0.2, -0.15) is 0 Å². The summed E-state index contributed by atoms with van der Waals surface area (Å²) in [5, 5.41) is 0.639. The maximum absolute atomic E-state index is 10.2. The summed E-state index contributed by atoms with van der Waals surface area (Å²) in [5.74, 6) is 0.220. The van der Waals surface area contributed by atoms with Gasteiger partial charge in [-0.15, -0.1) is 0 Å². The molecule has 1 rings (SSSR count). The number of halogens is 3. The number of hydrogen-bond donors (Lipinski definition) is 0. The van der Waals surface area contributed by atoms with E-state index in [1.165, 1.54) is 0 Å². The lowest BCUT2D eigenvalue weighted by atomic mass is 10.3. The Kier molecular flexibility index (Phi) is 3.85. The van der Waals surface area contributed by atoms with E-state index in [1.54, 1.807) is 18.2 Å². The zero-order valence-electron chi connectivity index (χ0n) is 6.34. The Hall–Kier alpha value is -0.440. The summed E-state index contributed by atoms with van der Waals surface area (Å²) in [7, 11) is 0. The number of hydrogen-bond acceptors (Lipinski definition) is 2. The second-order valence-electron chi connectivity index (χ2n) is 2.16. The molecule has 2 nitrogen and oxygen atoms in total. The Bertz CT molecular complexity index is 294. The van der Waals surface area contributed by atoms with Crippen LogP contribution in [0.25, 0.3) is 0 Å². The number of alkyl halides is 1. The quantitative estimate of drug-likeness (QED) is 0.598. The number of para-hydroxylation sites is 1. The molecule has 0 aromatic heterocycles. The van der Waals surface area contributed by atoms with E-state index in [1.807, 2.05) is 0 Å². The number of ether oxygens (including phenoxy) is 1.